The third kappa shape index (κ3) is 3.79. The zero-order chi connectivity index (χ0) is 13.7. The average Bonchev–Trinajstić information content (AvgIpc) is 2.40. The van der Waals surface area contributed by atoms with Gasteiger partial charge in [0.15, 0.2) is 0 Å². The van der Waals surface area contributed by atoms with Crippen molar-refractivity contribution in [2.45, 2.75) is 0 Å². The fourth-order valence-corrected chi connectivity index (χ4v) is 1.60. The van der Waals surface area contributed by atoms with Crippen LogP contribution in [0.3, 0.4) is 0 Å². The molecule has 4 nitrogen and oxygen atoms in total. The number of benzene rings is 2. The van der Waals surface area contributed by atoms with Gasteiger partial charge >= 0.3 is 6.09 Å². The molecule has 0 saturated carbocycles. The van der Waals surface area contributed by atoms with Crippen molar-refractivity contribution in [3.05, 3.63) is 60.2 Å². The number of carbonyl (C=O) groups is 1. The molecule has 0 bridgehead atoms. The number of rotatable bonds is 3. The zero-order valence-electron chi connectivity index (χ0n) is 10.00. The van der Waals surface area contributed by atoms with E-state index in [1.54, 1.807) is 36.4 Å². The third-order valence-electron chi connectivity index (χ3n) is 2.37. The van der Waals surface area contributed by atoms with Gasteiger partial charge in [-0.05, 0) is 36.4 Å². The highest BCUT2D eigenvalue weighted by molar-refractivity contribution is 7.80. The predicted molar refractivity (Wildman–Crippen MR) is 78.4 cm³/mol. The number of hydrogen-bond donors (Lipinski definition) is 2. The molecule has 0 aliphatic rings. The van der Waals surface area contributed by atoms with Crippen molar-refractivity contribution in [1.29, 1.82) is 0 Å². The second kappa shape index (κ2) is 5.97. The number of anilines is 1. The zero-order valence-corrected chi connectivity index (χ0v) is 10.8. The third-order valence-corrected chi connectivity index (χ3v) is 2.61. The molecule has 0 heterocycles. The van der Waals surface area contributed by atoms with Crippen molar-refractivity contribution < 1.29 is 9.53 Å². The summed E-state index contributed by atoms with van der Waals surface area (Å²) in [4.78, 5) is 11.9. The number of hydrogen-bond acceptors (Lipinski definition) is 3. The Labute approximate surface area is 116 Å². The summed E-state index contributed by atoms with van der Waals surface area (Å²) in [7, 11) is 0. The molecular weight excluding hydrogens is 260 g/mol. The summed E-state index contributed by atoms with van der Waals surface area (Å²) in [5.41, 5.74) is 6.88. The van der Waals surface area contributed by atoms with Crippen LogP contribution in [0.2, 0.25) is 0 Å². The van der Waals surface area contributed by atoms with Crippen LogP contribution < -0.4 is 15.8 Å². The molecule has 0 fully saturated rings. The van der Waals surface area contributed by atoms with Crippen molar-refractivity contribution in [1.82, 2.24) is 0 Å². The minimum Gasteiger partial charge on any atom is -0.410 e. The Balaban J connectivity index is 1.97. The van der Waals surface area contributed by atoms with Crippen LogP contribution in [0, 0.1) is 0 Å². The highest BCUT2D eigenvalue weighted by atomic mass is 32.1. The molecule has 3 N–H and O–H groups in total. The highest BCUT2D eigenvalue weighted by Gasteiger charge is 2.05. The minimum atomic E-state index is -0.547. The Kier molecular flexibility index (Phi) is 4.10. The molecule has 0 saturated heterocycles. The molecule has 0 unspecified atom stereocenters. The first-order valence-corrected chi connectivity index (χ1v) is 6.00. The lowest BCUT2D eigenvalue weighted by Gasteiger charge is -2.07. The van der Waals surface area contributed by atoms with Crippen molar-refractivity contribution in [3.63, 3.8) is 0 Å². The summed E-state index contributed by atoms with van der Waals surface area (Å²) in [5, 5.41) is 2.62. The molecule has 0 radical (unpaired) electrons. The van der Waals surface area contributed by atoms with E-state index in [-0.39, 0.29) is 0 Å². The maximum atomic E-state index is 11.6. The number of ether oxygens (including phenoxy) is 1. The Morgan fingerprint density at radius 2 is 1.68 bits per heavy atom. The predicted octanol–water partition coefficient (Wildman–Crippen LogP) is 2.93. The summed E-state index contributed by atoms with van der Waals surface area (Å²) >= 11 is 4.84. The molecule has 0 aromatic heterocycles. The smallest absolute Gasteiger partial charge is 0.410 e. The van der Waals surface area contributed by atoms with Gasteiger partial charge in [-0.15, -0.1) is 0 Å². The van der Waals surface area contributed by atoms with Crippen LogP contribution in [-0.4, -0.2) is 11.1 Å². The summed E-state index contributed by atoms with van der Waals surface area (Å²) in [5.74, 6) is 0.424. The van der Waals surface area contributed by atoms with Crippen LogP contribution in [0.5, 0.6) is 5.75 Å². The van der Waals surface area contributed by atoms with E-state index < -0.39 is 6.09 Å². The number of carbonyl (C=O) groups excluding carboxylic acids is 1. The first-order valence-electron chi connectivity index (χ1n) is 5.59. The summed E-state index contributed by atoms with van der Waals surface area (Å²) in [6.07, 6.45) is -0.547. The molecule has 0 atom stereocenters. The Bertz CT molecular complexity index is 582. The van der Waals surface area contributed by atoms with E-state index >= 15 is 0 Å². The van der Waals surface area contributed by atoms with E-state index in [1.165, 1.54) is 0 Å². The quantitative estimate of drug-likeness (QED) is 0.843. The molecule has 19 heavy (non-hydrogen) atoms. The lowest BCUT2D eigenvalue weighted by molar-refractivity contribution is 0.215. The maximum Gasteiger partial charge on any atom is 0.417 e. The molecule has 0 spiro atoms. The van der Waals surface area contributed by atoms with E-state index in [4.69, 9.17) is 22.7 Å². The normalized spacial score (nSPS) is 9.68. The lowest BCUT2D eigenvalue weighted by Crippen LogP contribution is -2.16. The molecule has 2 aromatic carbocycles. The first kappa shape index (κ1) is 13.0. The van der Waals surface area contributed by atoms with Gasteiger partial charge in [-0.3, -0.25) is 5.32 Å². The number of para-hydroxylation sites is 1. The minimum absolute atomic E-state index is 0.306. The van der Waals surface area contributed by atoms with Crippen LogP contribution in [0.25, 0.3) is 0 Å². The molecule has 0 aliphatic heterocycles. The number of nitrogens with one attached hydrogen (secondary N) is 1. The van der Waals surface area contributed by atoms with Crippen LogP contribution in [-0.2, 0) is 0 Å². The Hall–Kier alpha value is -2.40. The van der Waals surface area contributed by atoms with Crippen LogP contribution in [0.1, 0.15) is 5.56 Å². The summed E-state index contributed by atoms with van der Waals surface area (Å²) in [6, 6.07) is 15.7. The molecule has 1 amide bonds. The van der Waals surface area contributed by atoms with Gasteiger partial charge in [0.2, 0.25) is 0 Å². The van der Waals surface area contributed by atoms with Gasteiger partial charge in [-0.1, -0.05) is 30.4 Å². The maximum absolute atomic E-state index is 11.6. The van der Waals surface area contributed by atoms with E-state index in [9.17, 15) is 4.79 Å². The molecule has 2 rings (SSSR count). The fourth-order valence-electron chi connectivity index (χ4n) is 1.46. The number of nitrogens with two attached hydrogens (primary N) is 1. The van der Waals surface area contributed by atoms with E-state index in [0.29, 0.717) is 16.4 Å². The van der Waals surface area contributed by atoms with Crippen LogP contribution >= 0.6 is 12.2 Å². The monoisotopic (exact) mass is 272 g/mol. The van der Waals surface area contributed by atoms with E-state index in [2.05, 4.69) is 5.32 Å². The van der Waals surface area contributed by atoms with Crippen molar-refractivity contribution in [2.24, 2.45) is 5.73 Å². The van der Waals surface area contributed by atoms with Gasteiger partial charge in [0, 0.05) is 11.3 Å². The van der Waals surface area contributed by atoms with Crippen molar-refractivity contribution >= 4 is 29.0 Å². The SMILES string of the molecule is NC(=S)c1ccc(OC(=O)Nc2ccccc2)cc1. The van der Waals surface area contributed by atoms with Gasteiger partial charge in [-0.25, -0.2) is 4.79 Å². The summed E-state index contributed by atoms with van der Waals surface area (Å²) < 4.78 is 5.12. The van der Waals surface area contributed by atoms with Gasteiger partial charge < -0.3 is 10.5 Å². The van der Waals surface area contributed by atoms with Crippen LogP contribution in [0.4, 0.5) is 10.5 Å². The van der Waals surface area contributed by atoms with Gasteiger partial charge in [0.25, 0.3) is 0 Å². The fraction of sp³-hybridized carbons (Fsp3) is 0. The van der Waals surface area contributed by atoms with Crippen molar-refractivity contribution in [3.8, 4) is 5.75 Å². The molecule has 96 valence electrons. The number of amides is 1. The van der Waals surface area contributed by atoms with Crippen LogP contribution in [0.15, 0.2) is 54.6 Å². The second-order valence-corrected chi connectivity index (χ2v) is 4.21. The molecule has 5 heteroatoms. The number of thiocarbonyl (C=S) groups is 1. The molecule has 2 aromatic rings. The van der Waals surface area contributed by atoms with Gasteiger partial charge in [-0.2, -0.15) is 0 Å². The summed E-state index contributed by atoms with van der Waals surface area (Å²) in [6.45, 7) is 0. The lowest BCUT2D eigenvalue weighted by atomic mass is 10.2. The first-order chi connectivity index (χ1) is 9.15. The Morgan fingerprint density at radius 1 is 1.05 bits per heavy atom. The second-order valence-electron chi connectivity index (χ2n) is 3.77. The standard InChI is InChI=1S/C14H12N2O2S/c15-13(19)10-6-8-12(9-7-10)18-14(17)16-11-4-2-1-3-5-11/h1-9H,(H2,15,19)(H,16,17). The van der Waals surface area contributed by atoms with E-state index in [1.807, 2.05) is 18.2 Å². The Morgan fingerprint density at radius 3 is 2.26 bits per heavy atom. The van der Waals surface area contributed by atoms with Gasteiger partial charge in [0.05, 0.1) is 0 Å². The average molecular weight is 272 g/mol. The van der Waals surface area contributed by atoms with E-state index in [0.717, 1.165) is 5.56 Å². The van der Waals surface area contributed by atoms with Gasteiger partial charge in [0.1, 0.15) is 10.7 Å². The molecular formula is C14H12N2O2S. The molecule has 0 aliphatic carbocycles. The topological polar surface area (TPSA) is 64.3 Å². The highest BCUT2D eigenvalue weighted by Crippen LogP contribution is 2.13. The largest absolute Gasteiger partial charge is 0.417 e. The van der Waals surface area contributed by atoms with Crippen molar-refractivity contribution in [2.75, 3.05) is 5.32 Å².